The number of pyridine rings is 2. The van der Waals surface area contributed by atoms with Crippen molar-refractivity contribution in [3.8, 4) is 17.2 Å². The molecule has 4 aromatic rings. The zero-order valence-corrected chi connectivity index (χ0v) is 29.0. The van der Waals surface area contributed by atoms with Gasteiger partial charge in [-0.3, -0.25) is 29.4 Å². The number of hydrogen-bond donors (Lipinski definition) is 3. The number of carbonyl (C=O) groups excluding carboxylic acids is 1. The molecule has 256 valence electrons. The molecule has 50 heavy (non-hydrogen) atoms. The molecule has 6 rings (SSSR count). The van der Waals surface area contributed by atoms with Crippen molar-refractivity contribution < 1.29 is 19.8 Å². The van der Waals surface area contributed by atoms with Crippen LogP contribution in [0.25, 0.3) is 23.3 Å². The van der Waals surface area contributed by atoms with Gasteiger partial charge in [-0.05, 0) is 78.9 Å². The normalized spacial score (nSPS) is 18.1. The molecule has 1 amide bonds. The highest BCUT2D eigenvalue weighted by atomic mass is 35.5. The first-order valence-electron chi connectivity index (χ1n) is 16.4. The summed E-state index contributed by atoms with van der Waals surface area (Å²) in [6, 6.07) is 16.6. The number of carbonyl (C=O) groups is 2. The highest BCUT2D eigenvalue weighted by Crippen LogP contribution is 2.37. The molecule has 0 radical (unpaired) electrons. The number of aliphatic hydroxyl groups is 1. The van der Waals surface area contributed by atoms with Crippen LogP contribution in [-0.4, -0.2) is 74.1 Å². The lowest BCUT2D eigenvalue weighted by atomic mass is 9.98. The van der Waals surface area contributed by atoms with Crippen LogP contribution in [0.4, 0.5) is 5.69 Å². The van der Waals surface area contributed by atoms with Crippen LogP contribution in [0.3, 0.4) is 0 Å². The SMILES string of the molecule is Cc1cc(/C=C/c2nccc(-c3cccc(NC(=O)c4ccc(CN5CC[C@@H](O)C5)cn4)c3Cl)c2C#N)c(Cl)cc1CN1CC[C@@H](C(=O)O)C1. The second-order valence-corrected chi connectivity index (χ2v) is 13.6. The van der Waals surface area contributed by atoms with Gasteiger partial charge in [-0.15, -0.1) is 0 Å². The van der Waals surface area contributed by atoms with Crippen LogP contribution in [0.1, 0.15) is 56.8 Å². The number of likely N-dealkylation sites (tertiary alicyclic amines) is 2. The van der Waals surface area contributed by atoms with Crippen LogP contribution in [0.5, 0.6) is 0 Å². The van der Waals surface area contributed by atoms with E-state index in [1.807, 2.05) is 31.2 Å². The zero-order valence-electron chi connectivity index (χ0n) is 27.4. The minimum Gasteiger partial charge on any atom is -0.481 e. The predicted molar refractivity (Wildman–Crippen MR) is 194 cm³/mol. The van der Waals surface area contributed by atoms with Crippen molar-refractivity contribution >= 4 is 52.9 Å². The number of aliphatic carboxylic acids is 1. The van der Waals surface area contributed by atoms with E-state index < -0.39 is 11.9 Å². The number of rotatable bonds is 10. The van der Waals surface area contributed by atoms with Gasteiger partial charge in [0.25, 0.3) is 5.91 Å². The average molecular weight is 712 g/mol. The average Bonchev–Trinajstić information content (AvgIpc) is 3.75. The Morgan fingerprint density at radius 2 is 1.82 bits per heavy atom. The lowest BCUT2D eigenvalue weighted by Gasteiger charge is -2.18. The lowest BCUT2D eigenvalue weighted by molar-refractivity contribution is -0.141. The Kier molecular flexibility index (Phi) is 10.9. The number of hydrogen-bond acceptors (Lipinski definition) is 8. The molecule has 0 saturated carbocycles. The molecule has 2 aliphatic rings. The van der Waals surface area contributed by atoms with E-state index in [-0.39, 0.29) is 22.7 Å². The molecule has 2 atom stereocenters. The maximum absolute atomic E-state index is 13.1. The number of benzene rings is 2. The van der Waals surface area contributed by atoms with Gasteiger partial charge in [0.05, 0.1) is 34.0 Å². The summed E-state index contributed by atoms with van der Waals surface area (Å²) in [4.78, 5) is 37.6. The largest absolute Gasteiger partial charge is 0.481 e. The number of aromatic nitrogens is 2. The van der Waals surface area contributed by atoms with E-state index in [1.54, 1.807) is 48.8 Å². The molecule has 0 bridgehead atoms. The predicted octanol–water partition coefficient (Wildman–Crippen LogP) is 6.53. The van der Waals surface area contributed by atoms with Crippen LogP contribution in [0.2, 0.25) is 10.0 Å². The quantitative estimate of drug-likeness (QED) is 0.168. The van der Waals surface area contributed by atoms with Crippen molar-refractivity contribution in [3.05, 3.63) is 110 Å². The van der Waals surface area contributed by atoms with E-state index in [0.29, 0.717) is 65.7 Å². The summed E-state index contributed by atoms with van der Waals surface area (Å²) in [7, 11) is 0. The number of aryl methyl sites for hydroxylation is 1. The Hall–Kier alpha value is -4.63. The van der Waals surface area contributed by atoms with Gasteiger partial charge in [-0.1, -0.05) is 53.5 Å². The molecule has 2 aromatic heterocycles. The lowest BCUT2D eigenvalue weighted by Crippen LogP contribution is -2.23. The summed E-state index contributed by atoms with van der Waals surface area (Å²) in [6.07, 6.45) is 7.91. The standard InChI is InChI=1S/C38H36Cl2N6O4/c1-23-15-25(32(39)16-27(23)21-46-13-10-26(20-46)38(49)50)6-8-33-31(17-41)29(9-12-42-33)30-3-2-4-34(36(30)40)44-37(48)35-7-5-24(18-43-35)19-45-14-11-28(47)22-45/h2-9,12,15-16,18,26,28,47H,10-11,13-14,19-22H2,1H3,(H,44,48)(H,49,50)/b8-6+/t26-,28-/m1/s1. The first-order valence-corrected chi connectivity index (χ1v) is 17.1. The Morgan fingerprint density at radius 3 is 2.52 bits per heavy atom. The van der Waals surface area contributed by atoms with Crippen LogP contribution >= 0.6 is 23.2 Å². The molecule has 4 heterocycles. The fourth-order valence-electron chi connectivity index (χ4n) is 6.47. The molecule has 2 saturated heterocycles. The maximum atomic E-state index is 13.1. The van der Waals surface area contributed by atoms with Crippen LogP contribution < -0.4 is 5.32 Å². The number of nitrogens with one attached hydrogen (secondary N) is 1. The Labute approximate surface area is 300 Å². The molecule has 0 spiro atoms. The van der Waals surface area contributed by atoms with E-state index in [9.17, 15) is 25.1 Å². The number of carboxylic acids is 1. The van der Waals surface area contributed by atoms with Gasteiger partial charge in [-0.25, -0.2) is 0 Å². The van der Waals surface area contributed by atoms with E-state index >= 15 is 0 Å². The summed E-state index contributed by atoms with van der Waals surface area (Å²) >= 11 is 13.5. The highest BCUT2D eigenvalue weighted by molar-refractivity contribution is 6.36. The molecule has 10 nitrogen and oxygen atoms in total. The second kappa shape index (κ2) is 15.5. The summed E-state index contributed by atoms with van der Waals surface area (Å²) in [5.74, 6) is -1.52. The fourth-order valence-corrected chi connectivity index (χ4v) is 6.99. The van der Waals surface area contributed by atoms with Gasteiger partial charge in [0.1, 0.15) is 11.8 Å². The topological polar surface area (TPSA) is 143 Å². The number of aliphatic hydroxyl groups excluding tert-OH is 1. The molecular weight excluding hydrogens is 675 g/mol. The van der Waals surface area contributed by atoms with Crippen molar-refractivity contribution in [1.82, 2.24) is 19.8 Å². The van der Waals surface area contributed by atoms with Gasteiger partial charge in [0, 0.05) is 61.3 Å². The maximum Gasteiger partial charge on any atom is 0.307 e. The van der Waals surface area contributed by atoms with Crippen molar-refractivity contribution in [2.75, 3.05) is 31.5 Å². The van der Waals surface area contributed by atoms with E-state index in [0.717, 1.165) is 41.8 Å². The Bertz CT molecular complexity index is 1990. The molecule has 0 aliphatic carbocycles. The van der Waals surface area contributed by atoms with E-state index in [2.05, 4.69) is 31.2 Å². The number of carboxylic acid groups (broad SMARTS) is 1. The summed E-state index contributed by atoms with van der Waals surface area (Å²) in [5.41, 5.74) is 6.22. The van der Waals surface area contributed by atoms with Crippen molar-refractivity contribution in [2.24, 2.45) is 5.92 Å². The summed E-state index contributed by atoms with van der Waals surface area (Å²) in [5, 5.41) is 33.0. The van der Waals surface area contributed by atoms with Crippen LogP contribution in [0.15, 0.2) is 60.9 Å². The summed E-state index contributed by atoms with van der Waals surface area (Å²) in [6.45, 7) is 5.96. The third-order valence-electron chi connectivity index (χ3n) is 9.23. The van der Waals surface area contributed by atoms with E-state index in [1.165, 1.54) is 0 Å². The number of nitrogens with zero attached hydrogens (tertiary/aromatic N) is 5. The molecule has 3 N–H and O–H groups in total. The fraction of sp³-hybridized carbons (Fsp3) is 0.289. The smallest absolute Gasteiger partial charge is 0.307 e. The third kappa shape index (κ3) is 8.05. The Morgan fingerprint density at radius 1 is 1.02 bits per heavy atom. The molecule has 2 fully saturated rings. The van der Waals surface area contributed by atoms with E-state index in [4.69, 9.17) is 23.2 Å². The molecule has 0 unspecified atom stereocenters. The van der Waals surface area contributed by atoms with Crippen LogP contribution in [0, 0.1) is 24.2 Å². The van der Waals surface area contributed by atoms with Gasteiger partial charge in [0.2, 0.25) is 0 Å². The minimum absolute atomic E-state index is 0.232. The first kappa shape index (κ1) is 35.2. The summed E-state index contributed by atoms with van der Waals surface area (Å²) < 4.78 is 0. The number of halogens is 2. The molecule has 2 aromatic carbocycles. The first-order chi connectivity index (χ1) is 24.1. The van der Waals surface area contributed by atoms with Gasteiger partial charge >= 0.3 is 5.97 Å². The molecule has 12 heteroatoms. The highest BCUT2D eigenvalue weighted by Gasteiger charge is 2.28. The second-order valence-electron chi connectivity index (χ2n) is 12.8. The van der Waals surface area contributed by atoms with Crippen LogP contribution in [-0.2, 0) is 17.9 Å². The molecular formula is C38H36Cl2N6O4. The van der Waals surface area contributed by atoms with Crippen molar-refractivity contribution in [1.29, 1.82) is 5.26 Å². The monoisotopic (exact) mass is 710 g/mol. The Balaban J connectivity index is 1.17. The van der Waals surface area contributed by atoms with Gasteiger partial charge in [0.15, 0.2) is 0 Å². The van der Waals surface area contributed by atoms with Crippen molar-refractivity contribution in [2.45, 2.75) is 39.0 Å². The number of amides is 1. The van der Waals surface area contributed by atoms with Crippen molar-refractivity contribution in [3.63, 3.8) is 0 Å². The third-order valence-corrected chi connectivity index (χ3v) is 9.97. The minimum atomic E-state index is -0.759. The molecule has 2 aliphatic heterocycles. The van der Waals surface area contributed by atoms with Gasteiger partial charge in [-0.2, -0.15) is 5.26 Å². The zero-order chi connectivity index (χ0) is 35.4. The number of anilines is 1. The van der Waals surface area contributed by atoms with Gasteiger partial charge < -0.3 is 15.5 Å². The number of β-amino-alcohol motifs (C(OH)–C–C–N with tert-alkyl or cyclic N) is 1. The number of nitriles is 1.